The van der Waals surface area contributed by atoms with Crippen molar-refractivity contribution in [2.24, 2.45) is 0 Å². The molecule has 0 atom stereocenters. The number of H-pyrrole nitrogens is 1. The van der Waals surface area contributed by atoms with Gasteiger partial charge in [-0.2, -0.15) is 0 Å². The van der Waals surface area contributed by atoms with Crippen LogP contribution in [0.15, 0.2) is 36.7 Å². The van der Waals surface area contributed by atoms with Gasteiger partial charge in [-0.1, -0.05) is 25.1 Å². The fraction of sp³-hybridized carbons (Fsp3) is 0.133. The van der Waals surface area contributed by atoms with Crippen molar-refractivity contribution in [1.29, 1.82) is 0 Å². The number of aryl methyl sites for hydroxylation is 1. The van der Waals surface area contributed by atoms with Gasteiger partial charge < -0.3 is 4.98 Å². The zero-order valence-electron chi connectivity index (χ0n) is 10.4. The smallest absolute Gasteiger partial charge is 0.134 e. The number of benzene rings is 2. The molecule has 2 aromatic carbocycles. The van der Waals surface area contributed by atoms with Crippen LogP contribution in [-0.2, 0) is 6.42 Å². The summed E-state index contributed by atoms with van der Waals surface area (Å²) in [5.41, 5.74) is 2.19. The molecule has 0 aliphatic heterocycles. The highest BCUT2D eigenvalue weighted by molar-refractivity contribution is 5.92. The summed E-state index contributed by atoms with van der Waals surface area (Å²) >= 11 is 0. The number of fused-ring (bicyclic) bond motifs is 1. The summed E-state index contributed by atoms with van der Waals surface area (Å²) in [6.07, 6.45) is 2.05. The summed E-state index contributed by atoms with van der Waals surface area (Å²) < 4.78 is 28.4. The van der Waals surface area contributed by atoms with Gasteiger partial charge in [-0.05, 0) is 24.1 Å². The molecule has 1 N–H and O–H groups in total. The van der Waals surface area contributed by atoms with Gasteiger partial charge in [0, 0.05) is 11.1 Å². The number of aromatic amines is 1. The normalized spacial score (nSPS) is 11.1. The maximum Gasteiger partial charge on any atom is 0.134 e. The van der Waals surface area contributed by atoms with Crippen LogP contribution in [-0.4, -0.2) is 9.97 Å². The molecule has 0 aliphatic rings. The van der Waals surface area contributed by atoms with E-state index in [0.29, 0.717) is 23.0 Å². The van der Waals surface area contributed by atoms with Gasteiger partial charge in [-0.3, -0.25) is 0 Å². The molecular weight excluding hydrogens is 246 g/mol. The highest BCUT2D eigenvalue weighted by Gasteiger charge is 2.17. The molecule has 3 aromatic rings. The predicted octanol–water partition coefficient (Wildman–Crippen LogP) is 4.07. The van der Waals surface area contributed by atoms with E-state index < -0.39 is 5.82 Å². The number of hydrogen-bond donors (Lipinski definition) is 1. The first-order valence-corrected chi connectivity index (χ1v) is 6.11. The third-order valence-electron chi connectivity index (χ3n) is 3.27. The number of nitrogens with zero attached hydrogens (tertiary/aromatic N) is 1. The molecule has 4 heteroatoms. The Hall–Kier alpha value is -2.23. The molecule has 1 heterocycles. The maximum atomic E-state index is 14.4. The van der Waals surface area contributed by atoms with Crippen LogP contribution in [0.2, 0.25) is 0 Å². The Labute approximate surface area is 109 Å². The van der Waals surface area contributed by atoms with Crippen LogP contribution in [0.4, 0.5) is 8.78 Å². The quantitative estimate of drug-likeness (QED) is 0.737. The lowest BCUT2D eigenvalue weighted by Gasteiger charge is -2.09. The molecule has 0 aliphatic carbocycles. The predicted molar refractivity (Wildman–Crippen MR) is 70.8 cm³/mol. The van der Waals surface area contributed by atoms with Crippen LogP contribution in [0.3, 0.4) is 0 Å². The maximum absolute atomic E-state index is 14.4. The molecule has 1 aromatic heterocycles. The summed E-state index contributed by atoms with van der Waals surface area (Å²) in [5.74, 6) is -0.842. The molecule has 0 bridgehead atoms. The minimum Gasteiger partial charge on any atom is -0.345 e. The first kappa shape index (κ1) is 11.8. The minimum atomic E-state index is -0.466. The van der Waals surface area contributed by atoms with Gasteiger partial charge in [0.25, 0.3) is 0 Å². The van der Waals surface area contributed by atoms with E-state index >= 15 is 0 Å². The molecule has 3 rings (SSSR count). The molecule has 0 fully saturated rings. The van der Waals surface area contributed by atoms with E-state index in [1.807, 2.05) is 6.92 Å². The van der Waals surface area contributed by atoms with Gasteiger partial charge in [0.15, 0.2) is 0 Å². The van der Waals surface area contributed by atoms with Crippen molar-refractivity contribution >= 4 is 11.0 Å². The summed E-state index contributed by atoms with van der Waals surface area (Å²) in [7, 11) is 0. The molecule has 19 heavy (non-hydrogen) atoms. The van der Waals surface area contributed by atoms with Crippen LogP contribution in [0.5, 0.6) is 0 Å². The van der Waals surface area contributed by atoms with Crippen molar-refractivity contribution in [3.8, 4) is 11.1 Å². The monoisotopic (exact) mass is 258 g/mol. The van der Waals surface area contributed by atoms with Crippen LogP contribution in [0, 0.1) is 11.6 Å². The third-order valence-corrected chi connectivity index (χ3v) is 3.27. The fourth-order valence-electron chi connectivity index (χ4n) is 2.29. The molecule has 2 nitrogen and oxygen atoms in total. The van der Waals surface area contributed by atoms with Crippen molar-refractivity contribution in [3.63, 3.8) is 0 Å². The van der Waals surface area contributed by atoms with Gasteiger partial charge in [-0.15, -0.1) is 0 Å². The van der Waals surface area contributed by atoms with Crippen LogP contribution >= 0.6 is 0 Å². The Morgan fingerprint density at radius 3 is 2.79 bits per heavy atom. The number of nitrogens with one attached hydrogen (secondary N) is 1. The lowest BCUT2D eigenvalue weighted by atomic mass is 9.99. The van der Waals surface area contributed by atoms with Crippen molar-refractivity contribution in [2.75, 3.05) is 0 Å². The lowest BCUT2D eigenvalue weighted by molar-refractivity contribution is 0.607. The topological polar surface area (TPSA) is 28.7 Å². The van der Waals surface area contributed by atoms with E-state index in [1.165, 1.54) is 12.4 Å². The zero-order chi connectivity index (χ0) is 13.4. The lowest BCUT2D eigenvalue weighted by Crippen LogP contribution is -1.95. The third kappa shape index (κ3) is 1.80. The van der Waals surface area contributed by atoms with Crippen LogP contribution in [0.1, 0.15) is 12.5 Å². The largest absolute Gasteiger partial charge is 0.345 e. The fourth-order valence-corrected chi connectivity index (χ4v) is 2.29. The second-order valence-corrected chi connectivity index (χ2v) is 4.35. The number of halogens is 2. The molecule has 0 saturated heterocycles. The summed E-state index contributed by atoms with van der Waals surface area (Å²) in [5, 5.41) is 0. The molecule has 96 valence electrons. The SMILES string of the molecule is CCc1cccc(-c2c(F)ccc3[nH]cnc23)c1F. The number of hydrogen-bond acceptors (Lipinski definition) is 1. The van der Waals surface area contributed by atoms with E-state index in [4.69, 9.17) is 0 Å². The summed E-state index contributed by atoms with van der Waals surface area (Å²) in [6, 6.07) is 7.96. The van der Waals surface area contributed by atoms with Gasteiger partial charge in [-0.25, -0.2) is 13.8 Å². The zero-order valence-corrected chi connectivity index (χ0v) is 10.4. The van der Waals surface area contributed by atoms with E-state index in [-0.39, 0.29) is 16.9 Å². The molecule has 0 radical (unpaired) electrons. The first-order chi connectivity index (χ1) is 9.22. The molecule has 0 saturated carbocycles. The summed E-state index contributed by atoms with van der Waals surface area (Å²) in [6.45, 7) is 1.87. The van der Waals surface area contributed by atoms with Crippen molar-refractivity contribution in [2.45, 2.75) is 13.3 Å². The van der Waals surface area contributed by atoms with Gasteiger partial charge in [0.05, 0.1) is 17.4 Å². The molecule has 0 unspecified atom stereocenters. The van der Waals surface area contributed by atoms with Gasteiger partial charge >= 0.3 is 0 Å². The van der Waals surface area contributed by atoms with Crippen molar-refractivity contribution in [3.05, 3.63) is 53.9 Å². The van der Waals surface area contributed by atoms with E-state index in [9.17, 15) is 8.78 Å². The van der Waals surface area contributed by atoms with Crippen molar-refractivity contribution in [1.82, 2.24) is 9.97 Å². The van der Waals surface area contributed by atoms with Crippen LogP contribution in [0.25, 0.3) is 22.2 Å². The Bertz CT molecular complexity index is 747. The van der Waals surface area contributed by atoms with E-state index in [2.05, 4.69) is 9.97 Å². The molecular formula is C15H12F2N2. The highest BCUT2D eigenvalue weighted by atomic mass is 19.1. The summed E-state index contributed by atoms with van der Waals surface area (Å²) in [4.78, 5) is 7.00. The van der Waals surface area contributed by atoms with Crippen LogP contribution < -0.4 is 0 Å². The minimum absolute atomic E-state index is 0.214. The number of rotatable bonds is 2. The van der Waals surface area contributed by atoms with Gasteiger partial charge in [0.2, 0.25) is 0 Å². The van der Waals surface area contributed by atoms with Gasteiger partial charge in [0.1, 0.15) is 11.6 Å². The Kier molecular flexibility index (Phi) is 2.78. The van der Waals surface area contributed by atoms with Crippen molar-refractivity contribution < 1.29 is 8.78 Å². The Morgan fingerprint density at radius 1 is 1.16 bits per heavy atom. The highest BCUT2D eigenvalue weighted by Crippen LogP contribution is 2.32. The Morgan fingerprint density at radius 2 is 2.00 bits per heavy atom. The molecule has 0 amide bonds. The van der Waals surface area contributed by atoms with E-state index in [1.54, 1.807) is 24.3 Å². The van der Waals surface area contributed by atoms with E-state index in [0.717, 1.165) is 0 Å². The molecule has 0 spiro atoms. The number of imidazole rings is 1. The standard InChI is InChI=1S/C15H12F2N2/c1-2-9-4-3-5-10(14(9)17)13-11(16)6-7-12-15(13)19-8-18-12/h3-8H,2H2,1H3,(H,18,19). The average Bonchev–Trinajstić information content (AvgIpc) is 2.88. The average molecular weight is 258 g/mol. The Balaban J connectivity index is 2.36. The number of aromatic nitrogens is 2. The second-order valence-electron chi connectivity index (χ2n) is 4.35. The second kappa shape index (κ2) is 4.46. The first-order valence-electron chi connectivity index (χ1n) is 6.11.